The Morgan fingerprint density at radius 1 is 0.403 bits per heavy atom. The molecule has 1 aliphatic heterocycles. The second kappa shape index (κ2) is 53.9. The van der Waals surface area contributed by atoms with E-state index >= 15 is 4.79 Å². The lowest BCUT2D eigenvalue weighted by molar-refractivity contribution is -0.142. The van der Waals surface area contributed by atoms with Crippen molar-refractivity contribution in [3.05, 3.63) is 108 Å². The van der Waals surface area contributed by atoms with E-state index in [1.165, 1.54) is 39.5 Å². The normalized spacial score (nSPS) is 15.7. The molecule has 0 unspecified atom stereocenters. The lowest BCUT2D eigenvalue weighted by Gasteiger charge is -2.31. The van der Waals surface area contributed by atoms with Gasteiger partial charge in [-0.3, -0.25) is 95.9 Å². The third kappa shape index (κ3) is 34.5. The van der Waals surface area contributed by atoms with Crippen LogP contribution in [0.3, 0.4) is 0 Å². The highest BCUT2D eigenvalue weighted by Crippen LogP contribution is 2.26. The molecule has 1 saturated heterocycles. The summed E-state index contributed by atoms with van der Waals surface area (Å²) in [5.41, 5.74) is 20.6. The average molecular weight is 1980 g/mol. The van der Waals surface area contributed by atoms with Crippen molar-refractivity contribution in [2.24, 2.45) is 40.9 Å². The summed E-state index contributed by atoms with van der Waals surface area (Å²) in [5.74, 6) is -20.8. The van der Waals surface area contributed by atoms with Crippen LogP contribution >= 0.6 is 25.3 Å². The Bertz CT molecular complexity index is 5410. The number of aliphatic carboxylic acids is 1. The van der Waals surface area contributed by atoms with Crippen LogP contribution in [-0.4, -0.2) is 283 Å². The number of carboxylic acid groups (broad SMARTS) is 1. The molecule has 3 aromatic carbocycles. The van der Waals surface area contributed by atoms with Gasteiger partial charge in [0.1, 0.15) is 84.6 Å². The van der Waals surface area contributed by atoms with Gasteiger partial charge in [0.15, 0.2) is 0 Å². The molecule has 0 saturated carbocycles. The van der Waals surface area contributed by atoms with Crippen molar-refractivity contribution >= 4 is 176 Å². The maximum atomic E-state index is 15.3. The number of nitrogens with one attached hydrogen (secondary N) is 19. The molecule has 758 valence electrons. The van der Waals surface area contributed by atoms with Gasteiger partial charge in [-0.2, -0.15) is 25.3 Å². The van der Waals surface area contributed by atoms with Crippen molar-refractivity contribution in [2.75, 3.05) is 37.7 Å². The number of para-hydroxylation sites is 3. The number of carbonyl (C=O) groups is 20. The van der Waals surface area contributed by atoms with Crippen LogP contribution in [0.2, 0.25) is 0 Å². The third-order valence-corrected chi connectivity index (χ3v) is 23.6. The SMILES string of the molecule is CC(C)C[C@H](NC(=O)[C@H](CC(N)=O)NC(=O)[C@H](CCC(N)=O)NC(=O)[C@H](CS)NC(=O)[C@@H](N)CC(C)C)C(=O)NCC(=O)N[C@H](C(=O)N[C@H](C(=O)N[C@@H](Cc1c[nH]c2ccccc12)C(=O)N1CCC[C@H]1C(=O)NCC(=O)N[C@@H](Cc1c[nH]c2ccccc12)C(=O)N[C@@H](CC(C)C)C(=O)N[C@@H](C)C(=O)NCC(=O)N[C@@H](Cc1c[nH]c2ccccc12)C(=O)N[C@@H](CS)C(=O)N[C@@H](C)C(=O)O)[C@@H](C)O)C(C)C. The van der Waals surface area contributed by atoms with E-state index in [-0.39, 0.29) is 87.2 Å². The number of aliphatic hydroxyl groups excluding tert-OH is 1. The van der Waals surface area contributed by atoms with Gasteiger partial charge in [0.05, 0.1) is 38.2 Å². The predicted octanol–water partition coefficient (Wildman–Crippen LogP) is -3.57. The second-order valence-electron chi connectivity index (χ2n) is 36.1. The number of nitrogens with two attached hydrogens (primary N) is 3. The zero-order valence-electron chi connectivity index (χ0n) is 79.4. The number of carboxylic acids is 1. The molecular formula is C92H131N23O22S2. The van der Waals surface area contributed by atoms with Crippen LogP contribution < -0.4 is 102 Å². The number of hydrogen-bond acceptors (Lipinski definition) is 24. The quantitative estimate of drug-likeness (QED) is 0.0164. The minimum atomic E-state index is -1.85. The summed E-state index contributed by atoms with van der Waals surface area (Å²) in [6, 6.07) is -0.339. The van der Waals surface area contributed by atoms with Gasteiger partial charge >= 0.3 is 5.97 Å². The molecule has 16 atom stereocenters. The van der Waals surface area contributed by atoms with Crippen LogP contribution in [0.1, 0.15) is 144 Å². The Kier molecular flexibility index (Phi) is 43.5. The van der Waals surface area contributed by atoms with Crippen LogP contribution in [0.15, 0.2) is 91.4 Å². The van der Waals surface area contributed by atoms with Crippen LogP contribution in [0, 0.1) is 23.7 Å². The number of nitrogens with zero attached hydrogens (tertiary/aromatic N) is 1. The highest BCUT2D eigenvalue weighted by molar-refractivity contribution is 7.80. The Hall–Kier alpha value is -13.7. The van der Waals surface area contributed by atoms with Crippen LogP contribution in [0.25, 0.3) is 32.7 Å². The Morgan fingerprint density at radius 2 is 0.784 bits per heavy atom. The summed E-state index contributed by atoms with van der Waals surface area (Å²) >= 11 is 8.34. The van der Waals surface area contributed by atoms with Gasteiger partial charge in [0.25, 0.3) is 0 Å². The number of aliphatic hydroxyl groups is 1. The molecule has 4 heterocycles. The fraction of sp³-hybridized carbons (Fsp3) is 0.522. The minimum absolute atomic E-state index is 0.00480. The molecule has 0 spiro atoms. The molecule has 1 fully saturated rings. The van der Waals surface area contributed by atoms with Gasteiger partial charge in [0.2, 0.25) is 112 Å². The summed E-state index contributed by atoms with van der Waals surface area (Å²) < 4.78 is 0. The molecule has 47 heteroatoms. The number of thiol groups is 2. The van der Waals surface area contributed by atoms with Gasteiger partial charge in [-0.1, -0.05) is 110 Å². The van der Waals surface area contributed by atoms with Gasteiger partial charge in [-0.15, -0.1) is 0 Å². The van der Waals surface area contributed by atoms with E-state index in [9.17, 15) is 101 Å². The summed E-state index contributed by atoms with van der Waals surface area (Å²) in [4.78, 5) is 285. The number of likely N-dealkylation sites (tertiary alicyclic amines) is 1. The van der Waals surface area contributed by atoms with Crippen molar-refractivity contribution in [1.82, 2.24) is 105 Å². The molecular weight excluding hydrogens is 1840 g/mol. The average Bonchev–Trinajstić information content (AvgIpc) is 1.69. The van der Waals surface area contributed by atoms with Crippen molar-refractivity contribution in [3.8, 4) is 0 Å². The standard InChI is InChI=1S/C92H131N23O22S2/c1-44(2)29-57(93)79(123)111-69(43-139)87(131)106-61(26-27-71(94)117)81(125)109-66(35-72(95)118)85(129)107-62(30-45(3)4)80(124)100-41-75(121)113-76(47(7)8)89(133)114-77(50(11)116)90(134)110-67(34-53-38-98-60-24-17-14-21-56(53)60)91(135)115-28-18-25-70(115)88(132)101-40-74(120)104-64(32-51-36-96-58-22-15-12-19-54(51)58)83(127)108-63(31-46(5)6)82(126)102-48(9)78(122)99-39-73(119)105-65(33-52-37-97-59-23-16-13-20-55(52)59)84(128)112-68(42-138)86(130)103-49(10)92(136)137/h12-17,19-24,36-38,44-50,57,61-70,76-77,96-98,116,138-139H,18,25-35,39-43,93H2,1-11H3,(H2,94,117)(H2,95,118)(H,99,122)(H,100,124)(H,101,132)(H,102,126)(H,103,130)(H,104,120)(H,105,119)(H,106,131)(H,107,129)(H,108,127)(H,109,125)(H,110,134)(H,111,123)(H,112,128)(H,113,121)(H,114,133)(H,136,137)/t48-,49-,50+,57-,61-,62-,63-,64-,65-,66-,67-,68-,69-,70-,76-,77-/m0/s1. The Labute approximate surface area is 813 Å². The third-order valence-electron chi connectivity index (χ3n) is 22.9. The molecule has 7 rings (SSSR count). The Balaban J connectivity index is 0.999. The fourth-order valence-electron chi connectivity index (χ4n) is 15.5. The number of fused-ring (bicyclic) bond motifs is 3. The van der Waals surface area contributed by atoms with Gasteiger partial charge in [0, 0.05) is 95.0 Å². The number of H-pyrrole nitrogens is 3. The molecule has 27 N–H and O–H groups in total. The maximum Gasteiger partial charge on any atom is 0.325 e. The largest absolute Gasteiger partial charge is 0.480 e. The summed E-state index contributed by atoms with van der Waals surface area (Å²) in [6.45, 7) is 15.0. The van der Waals surface area contributed by atoms with Crippen molar-refractivity contribution in [3.63, 3.8) is 0 Å². The molecule has 1 aliphatic rings. The van der Waals surface area contributed by atoms with E-state index in [0.29, 0.717) is 49.4 Å². The van der Waals surface area contributed by atoms with E-state index in [4.69, 9.17) is 17.2 Å². The highest BCUT2D eigenvalue weighted by atomic mass is 32.1. The monoisotopic (exact) mass is 1970 g/mol. The second-order valence-corrected chi connectivity index (χ2v) is 36.8. The van der Waals surface area contributed by atoms with Gasteiger partial charge < -0.3 is 132 Å². The van der Waals surface area contributed by atoms with Crippen molar-refractivity contribution < 1.29 is 106 Å². The summed E-state index contributed by atoms with van der Waals surface area (Å²) in [7, 11) is 0. The number of benzene rings is 3. The van der Waals surface area contributed by atoms with E-state index in [0.717, 1.165) is 0 Å². The number of carbonyl (C=O) groups excluding carboxylic acids is 19. The van der Waals surface area contributed by atoms with Gasteiger partial charge in [-0.05, 0) is 118 Å². The molecule has 0 aliphatic carbocycles. The first kappa shape index (κ1) is 112. The number of hydrogen-bond donors (Lipinski definition) is 26. The molecule has 6 aromatic rings. The minimum Gasteiger partial charge on any atom is -0.480 e. The number of aromatic nitrogens is 3. The fourth-order valence-corrected chi connectivity index (χ4v) is 16.0. The molecule has 139 heavy (non-hydrogen) atoms. The topological polar surface area (TPSA) is 703 Å². The number of primary amides is 2. The number of aromatic amines is 3. The molecule has 0 radical (unpaired) electrons. The van der Waals surface area contributed by atoms with Crippen LogP contribution in [-0.2, 0) is 115 Å². The first-order chi connectivity index (χ1) is 65.7. The van der Waals surface area contributed by atoms with E-state index in [1.807, 2.05) is 13.8 Å². The predicted molar refractivity (Wildman–Crippen MR) is 517 cm³/mol. The number of amides is 19. The maximum absolute atomic E-state index is 15.3. The first-order valence-electron chi connectivity index (χ1n) is 45.8. The van der Waals surface area contributed by atoms with Crippen LogP contribution in [0.5, 0.6) is 0 Å². The van der Waals surface area contributed by atoms with Gasteiger partial charge in [-0.25, -0.2) is 0 Å². The zero-order valence-corrected chi connectivity index (χ0v) is 81.2. The van der Waals surface area contributed by atoms with E-state index in [1.54, 1.807) is 119 Å². The van der Waals surface area contributed by atoms with E-state index < -0.39 is 260 Å². The smallest absolute Gasteiger partial charge is 0.325 e. The lowest BCUT2D eigenvalue weighted by atomic mass is 10.0. The first-order valence-corrected chi connectivity index (χ1v) is 47.1. The zero-order chi connectivity index (χ0) is 103. The Morgan fingerprint density at radius 3 is 1.24 bits per heavy atom. The summed E-state index contributed by atoms with van der Waals surface area (Å²) in [5, 5.41) is 62.8. The van der Waals surface area contributed by atoms with Crippen molar-refractivity contribution in [1.29, 1.82) is 0 Å². The molecule has 0 bridgehead atoms. The molecule has 45 nitrogen and oxygen atoms in total. The van der Waals surface area contributed by atoms with Crippen LogP contribution in [0.4, 0.5) is 0 Å². The molecule has 19 amide bonds. The van der Waals surface area contributed by atoms with E-state index in [2.05, 4.69) is 125 Å². The highest BCUT2D eigenvalue weighted by Gasteiger charge is 2.43. The molecule has 3 aromatic heterocycles. The lowest BCUT2D eigenvalue weighted by Crippen LogP contribution is -2.62. The van der Waals surface area contributed by atoms with Crippen molar-refractivity contribution in [2.45, 2.75) is 244 Å². The summed E-state index contributed by atoms with van der Waals surface area (Å²) in [6.07, 6.45) is 1.36. The number of rotatable bonds is 55.